The Kier molecular flexibility index (Phi) is 11.7. The van der Waals surface area contributed by atoms with Gasteiger partial charge in [-0.3, -0.25) is 14.5 Å². The van der Waals surface area contributed by atoms with Crippen molar-refractivity contribution in [1.82, 2.24) is 14.7 Å². The van der Waals surface area contributed by atoms with Crippen molar-refractivity contribution in [3.05, 3.63) is 0 Å². The van der Waals surface area contributed by atoms with Crippen LogP contribution in [0.4, 0.5) is 0 Å². The molecule has 0 bridgehead atoms. The molecule has 2 aliphatic rings. The number of amides is 2. The molecule has 9 heteroatoms. The second-order valence-electron chi connectivity index (χ2n) is 6.75. The van der Waals surface area contributed by atoms with E-state index in [0.29, 0.717) is 52.5 Å². The van der Waals surface area contributed by atoms with Crippen LogP contribution in [0.5, 0.6) is 0 Å². The lowest BCUT2D eigenvalue weighted by molar-refractivity contribution is -0.147. The number of rotatable bonds is 6. The highest BCUT2D eigenvalue weighted by Crippen LogP contribution is 2.28. The van der Waals surface area contributed by atoms with E-state index in [1.807, 2.05) is 23.6 Å². The van der Waals surface area contributed by atoms with Crippen LogP contribution in [0.2, 0.25) is 0 Å². The summed E-state index contributed by atoms with van der Waals surface area (Å²) >= 11 is 0. The molecule has 0 aromatic heterocycles. The van der Waals surface area contributed by atoms with E-state index in [1.54, 1.807) is 0 Å². The second kappa shape index (κ2) is 12.0. The van der Waals surface area contributed by atoms with Crippen LogP contribution in [0.1, 0.15) is 26.7 Å². The molecular formula is C17H34Cl2N4O3. The number of ether oxygens (including phenoxy) is 1. The molecule has 0 unspecified atom stereocenters. The first-order chi connectivity index (χ1) is 11.6. The Morgan fingerprint density at radius 2 is 1.42 bits per heavy atom. The van der Waals surface area contributed by atoms with E-state index in [1.165, 1.54) is 0 Å². The molecule has 0 saturated carbocycles. The molecular weight excluding hydrogens is 379 g/mol. The van der Waals surface area contributed by atoms with Gasteiger partial charge in [-0.05, 0) is 12.8 Å². The summed E-state index contributed by atoms with van der Waals surface area (Å²) in [6.45, 7) is 10.4. The fourth-order valence-corrected chi connectivity index (χ4v) is 3.47. The standard InChI is InChI=1S/C17H32N4O3.2ClH/c1-3-17(4-2,14-18)16(23)21-7-5-20(6-8-21)15(22)13-19-9-11-24-12-10-19;;/h3-14,18H2,1-2H3;2*1H. The van der Waals surface area contributed by atoms with Gasteiger partial charge in [-0.1, -0.05) is 13.8 Å². The predicted octanol–water partition coefficient (Wildman–Crippen LogP) is 0.598. The van der Waals surface area contributed by atoms with E-state index < -0.39 is 5.41 Å². The van der Waals surface area contributed by atoms with Gasteiger partial charge in [-0.2, -0.15) is 0 Å². The minimum absolute atomic E-state index is 0. The number of halogens is 2. The van der Waals surface area contributed by atoms with E-state index in [4.69, 9.17) is 10.5 Å². The number of hydrogen-bond acceptors (Lipinski definition) is 5. The van der Waals surface area contributed by atoms with Gasteiger partial charge in [-0.15, -0.1) is 24.8 Å². The van der Waals surface area contributed by atoms with Crippen molar-refractivity contribution >= 4 is 36.6 Å². The monoisotopic (exact) mass is 412 g/mol. The summed E-state index contributed by atoms with van der Waals surface area (Å²) in [5.41, 5.74) is 5.44. The van der Waals surface area contributed by atoms with Crippen LogP contribution < -0.4 is 5.73 Å². The molecule has 2 aliphatic heterocycles. The Labute approximate surface area is 169 Å². The summed E-state index contributed by atoms with van der Waals surface area (Å²) in [4.78, 5) is 31.2. The molecule has 2 saturated heterocycles. The summed E-state index contributed by atoms with van der Waals surface area (Å²) in [5.74, 6) is 0.301. The number of morpholine rings is 1. The lowest BCUT2D eigenvalue weighted by Gasteiger charge is -2.40. The molecule has 0 atom stereocenters. The van der Waals surface area contributed by atoms with Gasteiger partial charge in [0.1, 0.15) is 0 Å². The van der Waals surface area contributed by atoms with Crippen molar-refractivity contribution in [3.63, 3.8) is 0 Å². The molecule has 7 nitrogen and oxygen atoms in total. The topological polar surface area (TPSA) is 79.1 Å². The van der Waals surface area contributed by atoms with Crippen molar-refractivity contribution in [2.24, 2.45) is 11.1 Å². The lowest BCUT2D eigenvalue weighted by atomic mass is 9.81. The molecule has 2 amide bonds. The summed E-state index contributed by atoms with van der Waals surface area (Å²) < 4.78 is 5.31. The molecule has 0 aromatic carbocycles. The van der Waals surface area contributed by atoms with Crippen molar-refractivity contribution in [3.8, 4) is 0 Å². The van der Waals surface area contributed by atoms with Gasteiger partial charge in [0.2, 0.25) is 11.8 Å². The third-order valence-corrected chi connectivity index (χ3v) is 5.58. The molecule has 2 N–H and O–H groups in total. The van der Waals surface area contributed by atoms with E-state index >= 15 is 0 Å². The maximum absolute atomic E-state index is 12.8. The Hall–Kier alpha value is -0.600. The highest BCUT2D eigenvalue weighted by Gasteiger charge is 2.38. The van der Waals surface area contributed by atoms with Crippen molar-refractivity contribution < 1.29 is 14.3 Å². The second-order valence-corrected chi connectivity index (χ2v) is 6.75. The quantitative estimate of drug-likeness (QED) is 0.690. The maximum Gasteiger partial charge on any atom is 0.236 e. The van der Waals surface area contributed by atoms with E-state index in [-0.39, 0.29) is 36.6 Å². The van der Waals surface area contributed by atoms with Crippen molar-refractivity contribution in [2.45, 2.75) is 26.7 Å². The van der Waals surface area contributed by atoms with Gasteiger partial charge >= 0.3 is 0 Å². The van der Waals surface area contributed by atoms with Crippen LogP contribution >= 0.6 is 24.8 Å². The number of carbonyl (C=O) groups excluding carboxylic acids is 2. The van der Waals surface area contributed by atoms with Crippen LogP contribution in [0.15, 0.2) is 0 Å². The highest BCUT2D eigenvalue weighted by atomic mass is 35.5. The predicted molar refractivity (Wildman–Crippen MR) is 107 cm³/mol. The van der Waals surface area contributed by atoms with Crippen LogP contribution in [-0.2, 0) is 14.3 Å². The molecule has 2 rings (SSSR count). The van der Waals surface area contributed by atoms with Gasteiger partial charge in [-0.25, -0.2) is 0 Å². The van der Waals surface area contributed by atoms with Crippen molar-refractivity contribution in [2.75, 3.05) is 65.6 Å². The van der Waals surface area contributed by atoms with E-state index in [2.05, 4.69) is 4.90 Å². The van der Waals surface area contributed by atoms with Crippen LogP contribution in [0.25, 0.3) is 0 Å². The van der Waals surface area contributed by atoms with E-state index in [0.717, 1.165) is 25.9 Å². The van der Waals surface area contributed by atoms with Gasteiger partial charge in [0.05, 0.1) is 25.2 Å². The smallest absolute Gasteiger partial charge is 0.236 e. The Morgan fingerprint density at radius 1 is 0.923 bits per heavy atom. The minimum Gasteiger partial charge on any atom is -0.379 e. The largest absolute Gasteiger partial charge is 0.379 e. The number of nitrogens with two attached hydrogens (primary N) is 1. The fourth-order valence-electron chi connectivity index (χ4n) is 3.47. The number of hydrogen-bond donors (Lipinski definition) is 1. The van der Waals surface area contributed by atoms with Crippen LogP contribution in [-0.4, -0.2) is 92.1 Å². The Morgan fingerprint density at radius 3 is 1.88 bits per heavy atom. The van der Waals surface area contributed by atoms with Gasteiger partial charge in [0, 0.05) is 45.8 Å². The zero-order valence-corrected chi connectivity index (χ0v) is 17.6. The summed E-state index contributed by atoms with van der Waals surface area (Å²) in [7, 11) is 0. The normalized spacial score (nSPS) is 18.7. The molecule has 0 radical (unpaired) electrons. The molecule has 154 valence electrons. The minimum atomic E-state index is -0.444. The summed E-state index contributed by atoms with van der Waals surface area (Å²) in [6, 6.07) is 0. The average molecular weight is 413 g/mol. The van der Waals surface area contributed by atoms with Gasteiger partial charge in [0.15, 0.2) is 0 Å². The average Bonchev–Trinajstić information content (AvgIpc) is 2.64. The Balaban J connectivity index is 0.00000312. The number of piperazine rings is 1. The zero-order chi connectivity index (χ0) is 17.6. The first kappa shape index (κ1) is 25.4. The third-order valence-electron chi connectivity index (χ3n) is 5.58. The number of nitrogens with zero attached hydrogens (tertiary/aromatic N) is 3. The first-order valence-corrected chi connectivity index (χ1v) is 9.13. The molecule has 2 heterocycles. The molecule has 2 fully saturated rings. The van der Waals surface area contributed by atoms with Gasteiger partial charge in [0.25, 0.3) is 0 Å². The lowest BCUT2D eigenvalue weighted by Crippen LogP contribution is -2.57. The first-order valence-electron chi connectivity index (χ1n) is 9.13. The SMILES string of the molecule is CCC(CC)(CN)C(=O)N1CCN(C(=O)CN2CCOCC2)CC1.Cl.Cl. The van der Waals surface area contributed by atoms with Crippen molar-refractivity contribution in [1.29, 1.82) is 0 Å². The molecule has 0 spiro atoms. The van der Waals surface area contributed by atoms with Crippen LogP contribution in [0.3, 0.4) is 0 Å². The summed E-state index contributed by atoms with van der Waals surface area (Å²) in [5, 5.41) is 0. The number of carbonyl (C=O) groups is 2. The zero-order valence-electron chi connectivity index (χ0n) is 15.9. The Bertz CT molecular complexity index is 427. The maximum atomic E-state index is 12.8. The third kappa shape index (κ3) is 5.96. The molecule has 26 heavy (non-hydrogen) atoms. The van der Waals surface area contributed by atoms with E-state index in [9.17, 15) is 9.59 Å². The molecule has 0 aliphatic carbocycles. The molecule has 0 aromatic rings. The highest BCUT2D eigenvalue weighted by molar-refractivity contribution is 5.85. The summed E-state index contributed by atoms with van der Waals surface area (Å²) in [6.07, 6.45) is 1.52. The van der Waals surface area contributed by atoms with Crippen LogP contribution in [0, 0.1) is 5.41 Å². The van der Waals surface area contributed by atoms with Gasteiger partial charge < -0.3 is 20.3 Å². The fraction of sp³-hybridized carbons (Fsp3) is 0.882.